The summed E-state index contributed by atoms with van der Waals surface area (Å²) in [5.74, 6) is 0.442. The normalized spacial score (nSPS) is 10.5. The number of benzene rings is 1. The lowest BCUT2D eigenvalue weighted by molar-refractivity contribution is -0.148. The quantitative estimate of drug-likeness (QED) is 0.584. The fourth-order valence-electron chi connectivity index (χ4n) is 1.40. The fourth-order valence-corrected chi connectivity index (χ4v) is 2.74. The van der Waals surface area contributed by atoms with Crippen molar-refractivity contribution in [3.8, 4) is 12.3 Å². The molecule has 1 N–H and O–H groups in total. The van der Waals surface area contributed by atoms with Gasteiger partial charge in [0.05, 0.1) is 23.6 Å². The van der Waals surface area contributed by atoms with Crippen LogP contribution in [0.1, 0.15) is 6.42 Å². The molecule has 0 heterocycles. The molecule has 8 heteroatoms. The summed E-state index contributed by atoms with van der Waals surface area (Å²) < 4.78 is 28.6. The Morgan fingerprint density at radius 3 is 2.50 bits per heavy atom. The van der Waals surface area contributed by atoms with Crippen LogP contribution >= 0.6 is 11.6 Å². The van der Waals surface area contributed by atoms with Crippen molar-refractivity contribution in [1.82, 2.24) is 5.32 Å². The maximum Gasteiger partial charge on any atom is 0.307 e. The van der Waals surface area contributed by atoms with Crippen LogP contribution in [0.5, 0.6) is 0 Å². The molecule has 1 amide bonds. The smallest absolute Gasteiger partial charge is 0.307 e. The maximum atomic E-state index is 12.0. The Kier molecular flexibility index (Phi) is 6.89. The average molecular weight is 344 g/mol. The Hall–Kier alpha value is -2.04. The number of ether oxygens (including phenoxy) is 1. The van der Waals surface area contributed by atoms with Crippen molar-refractivity contribution < 1.29 is 22.7 Å². The predicted molar refractivity (Wildman–Crippen MR) is 80.9 cm³/mol. The highest BCUT2D eigenvalue weighted by molar-refractivity contribution is 7.91. The summed E-state index contributed by atoms with van der Waals surface area (Å²) >= 11 is 5.68. The van der Waals surface area contributed by atoms with E-state index in [1.54, 1.807) is 0 Å². The van der Waals surface area contributed by atoms with Gasteiger partial charge in [-0.1, -0.05) is 17.5 Å². The van der Waals surface area contributed by atoms with E-state index in [2.05, 4.69) is 16.0 Å². The number of hydrogen-bond acceptors (Lipinski definition) is 5. The number of carbonyl (C=O) groups excluding carboxylic acids is 2. The van der Waals surface area contributed by atoms with Crippen LogP contribution in [0.25, 0.3) is 0 Å². The Balaban J connectivity index is 2.45. The molecule has 1 rings (SSSR count). The van der Waals surface area contributed by atoms with E-state index in [0.29, 0.717) is 5.02 Å². The predicted octanol–water partition coefficient (Wildman–Crippen LogP) is 0.796. The highest BCUT2D eigenvalue weighted by atomic mass is 35.5. The summed E-state index contributed by atoms with van der Waals surface area (Å²) in [5, 5.41) is 2.72. The highest BCUT2D eigenvalue weighted by Gasteiger charge is 2.17. The minimum Gasteiger partial charge on any atom is -0.456 e. The third-order valence-electron chi connectivity index (χ3n) is 2.50. The Morgan fingerprint density at radius 2 is 1.91 bits per heavy atom. The van der Waals surface area contributed by atoms with Gasteiger partial charge in [-0.15, -0.1) is 6.42 Å². The van der Waals surface area contributed by atoms with E-state index < -0.39 is 34.1 Å². The van der Waals surface area contributed by atoms with Crippen molar-refractivity contribution in [2.75, 3.05) is 18.9 Å². The maximum absolute atomic E-state index is 12.0. The zero-order valence-corrected chi connectivity index (χ0v) is 13.1. The summed E-state index contributed by atoms with van der Waals surface area (Å²) in [6, 6.07) is 5.61. The number of carbonyl (C=O) groups is 2. The Bertz CT molecular complexity index is 676. The molecule has 0 saturated carbocycles. The summed E-state index contributed by atoms with van der Waals surface area (Å²) in [6.07, 6.45) is 4.59. The van der Waals surface area contributed by atoms with E-state index in [4.69, 9.17) is 18.0 Å². The lowest BCUT2D eigenvalue weighted by Crippen LogP contribution is -2.29. The zero-order chi connectivity index (χ0) is 16.6. The second kappa shape index (κ2) is 8.41. The molecule has 1 aromatic rings. The average Bonchev–Trinajstić information content (AvgIpc) is 2.49. The first-order valence-electron chi connectivity index (χ1n) is 6.19. The molecule has 118 valence electrons. The number of rotatable bonds is 7. The third kappa shape index (κ3) is 6.16. The number of amides is 1. The molecule has 0 aliphatic carbocycles. The molecule has 0 saturated heterocycles. The van der Waals surface area contributed by atoms with Gasteiger partial charge in [0.25, 0.3) is 5.91 Å². The Labute approximate surface area is 133 Å². The molecule has 0 spiro atoms. The van der Waals surface area contributed by atoms with Gasteiger partial charge in [-0.05, 0) is 24.3 Å². The summed E-state index contributed by atoms with van der Waals surface area (Å²) in [7, 11) is -3.61. The molecule has 0 unspecified atom stereocenters. The molecule has 0 atom stereocenters. The number of nitrogens with one attached hydrogen (secondary N) is 1. The second-order valence-electron chi connectivity index (χ2n) is 4.16. The molecule has 6 nitrogen and oxygen atoms in total. The van der Waals surface area contributed by atoms with Crippen LogP contribution in [-0.4, -0.2) is 39.2 Å². The van der Waals surface area contributed by atoms with Crippen molar-refractivity contribution in [2.24, 2.45) is 0 Å². The molecule has 0 bridgehead atoms. The van der Waals surface area contributed by atoms with Gasteiger partial charge in [0.2, 0.25) is 0 Å². The molecule has 0 fully saturated rings. The monoisotopic (exact) mass is 343 g/mol. The number of halogens is 1. The minimum atomic E-state index is -3.61. The van der Waals surface area contributed by atoms with Crippen molar-refractivity contribution in [3.05, 3.63) is 29.3 Å². The molecular formula is C14H14ClNO5S. The van der Waals surface area contributed by atoms with Gasteiger partial charge >= 0.3 is 5.97 Å². The standard InChI is InChI=1S/C14H14ClNO5S/c1-2-8-16-13(17)10-21-14(18)7-9-22(19,20)12-5-3-11(15)4-6-12/h1,3-6H,7-10H2,(H,16,17). The number of esters is 1. The van der Waals surface area contributed by atoms with Crippen molar-refractivity contribution >= 4 is 33.3 Å². The van der Waals surface area contributed by atoms with E-state index >= 15 is 0 Å². The highest BCUT2D eigenvalue weighted by Crippen LogP contribution is 2.16. The molecule has 0 radical (unpaired) electrons. The van der Waals surface area contributed by atoms with Crippen LogP contribution in [0, 0.1) is 12.3 Å². The van der Waals surface area contributed by atoms with Crippen molar-refractivity contribution in [3.63, 3.8) is 0 Å². The minimum absolute atomic E-state index is 0.0291. The van der Waals surface area contributed by atoms with Crippen LogP contribution in [-0.2, 0) is 24.2 Å². The molecule has 22 heavy (non-hydrogen) atoms. The first-order chi connectivity index (χ1) is 10.3. The van der Waals surface area contributed by atoms with Crippen LogP contribution in [0.3, 0.4) is 0 Å². The van der Waals surface area contributed by atoms with E-state index in [-0.39, 0.29) is 17.9 Å². The third-order valence-corrected chi connectivity index (χ3v) is 4.48. The Morgan fingerprint density at radius 1 is 1.27 bits per heavy atom. The van der Waals surface area contributed by atoms with E-state index in [1.165, 1.54) is 24.3 Å². The first kappa shape index (κ1) is 18.0. The first-order valence-corrected chi connectivity index (χ1v) is 8.22. The van der Waals surface area contributed by atoms with Gasteiger partial charge in [-0.2, -0.15) is 0 Å². The molecular weight excluding hydrogens is 330 g/mol. The molecule has 0 aliphatic rings. The number of terminal acetylenes is 1. The van der Waals surface area contributed by atoms with Crippen LogP contribution in [0.15, 0.2) is 29.2 Å². The van der Waals surface area contributed by atoms with Crippen LogP contribution in [0.4, 0.5) is 0 Å². The molecule has 0 aliphatic heterocycles. The summed E-state index contributed by atoms with van der Waals surface area (Å²) in [6.45, 7) is -0.469. The van der Waals surface area contributed by atoms with Gasteiger partial charge < -0.3 is 10.1 Å². The van der Waals surface area contributed by atoms with Gasteiger partial charge in [0.15, 0.2) is 16.4 Å². The number of sulfone groups is 1. The number of hydrogen-bond donors (Lipinski definition) is 1. The lowest BCUT2D eigenvalue weighted by Gasteiger charge is -2.06. The van der Waals surface area contributed by atoms with Crippen molar-refractivity contribution in [1.29, 1.82) is 0 Å². The van der Waals surface area contributed by atoms with E-state index in [9.17, 15) is 18.0 Å². The second-order valence-corrected chi connectivity index (χ2v) is 6.71. The van der Waals surface area contributed by atoms with Crippen LogP contribution in [0.2, 0.25) is 5.02 Å². The van der Waals surface area contributed by atoms with Gasteiger partial charge in [-0.3, -0.25) is 9.59 Å². The van der Waals surface area contributed by atoms with Crippen molar-refractivity contribution in [2.45, 2.75) is 11.3 Å². The zero-order valence-electron chi connectivity index (χ0n) is 11.5. The van der Waals surface area contributed by atoms with Gasteiger partial charge in [-0.25, -0.2) is 8.42 Å². The van der Waals surface area contributed by atoms with E-state index in [1.807, 2.05) is 0 Å². The summed E-state index contributed by atoms with van der Waals surface area (Å²) in [4.78, 5) is 22.6. The SMILES string of the molecule is C#CCNC(=O)COC(=O)CCS(=O)(=O)c1ccc(Cl)cc1. The molecule has 1 aromatic carbocycles. The van der Waals surface area contributed by atoms with Crippen LogP contribution < -0.4 is 5.32 Å². The summed E-state index contributed by atoms with van der Waals surface area (Å²) in [5.41, 5.74) is 0. The topological polar surface area (TPSA) is 89.5 Å². The molecule has 0 aromatic heterocycles. The lowest BCUT2D eigenvalue weighted by atomic mass is 10.4. The fraction of sp³-hybridized carbons (Fsp3) is 0.286. The van der Waals surface area contributed by atoms with Gasteiger partial charge in [0.1, 0.15) is 0 Å². The van der Waals surface area contributed by atoms with Gasteiger partial charge in [0, 0.05) is 5.02 Å². The van der Waals surface area contributed by atoms with E-state index in [0.717, 1.165) is 0 Å². The largest absolute Gasteiger partial charge is 0.456 e.